The zero-order chi connectivity index (χ0) is 10.3. The first-order valence-electron chi connectivity index (χ1n) is 5.84. The largest absolute Gasteiger partial charge is 0.0616 e. The van der Waals surface area contributed by atoms with Gasteiger partial charge in [-0.3, -0.25) is 0 Å². The van der Waals surface area contributed by atoms with Crippen molar-refractivity contribution in [1.29, 1.82) is 0 Å². The third kappa shape index (κ3) is 1.36. The summed E-state index contributed by atoms with van der Waals surface area (Å²) in [7, 11) is 0. The molecule has 76 valence electrons. The first kappa shape index (κ1) is 8.96. The van der Waals surface area contributed by atoms with E-state index in [4.69, 9.17) is 0 Å². The Kier molecular flexibility index (Phi) is 2.02. The molecule has 0 aromatic heterocycles. The highest BCUT2D eigenvalue weighted by Crippen LogP contribution is 2.41. The van der Waals surface area contributed by atoms with E-state index >= 15 is 0 Å². The van der Waals surface area contributed by atoms with Gasteiger partial charge in [0, 0.05) is 0 Å². The second kappa shape index (κ2) is 3.37. The summed E-state index contributed by atoms with van der Waals surface area (Å²) in [6.45, 7) is 2.25. The molecule has 0 spiro atoms. The van der Waals surface area contributed by atoms with Crippen molar-refractivity contribution in [1.82, 2.24) is 0 Å². The van der Waals surface area contributed by atoms with Crippen LogP contribution >= 0.6 is 0 Å². The summed E-state index contributed by atoms with van der Waals surface area (Å²) in [4.78, 5) is 0. The van der Waals surface area contributed by atoms with Gasteiger partial charge in [0.25, 0.3) is 0 Å². The number of benzene rings is 2. The van der Waals surface area contributed by atoms with Gasteiger partial charge in [0.1, 0.15) is 0 Å². The van der Waals surface area contributed by atoms with Gasteiger partial charge in [0.15, 0.2) is 0 Å². The lowest BCUT2D eigenvalue weighted by Gasteiger charge is -2.28. The maximum absolute atomic E-state index is 2.27. The minimum atomic E-state index is 0.830. The average Bonchev–Trinajstić information content (AvgIpc) is 2.20. The molecule has 1 aliphatic rings. The van der Waals surface area contributed by atoms with Crippen molar-refractivity contribution in [2.75, 3.05) is 0 Å². The number of hydrogen-bond acceptors (Lipinski definition) is 0. The van der Waals surface area contributed by atoms with Gasteiger partial charge in [0.2, 0.25) is 0 Å². The van der Waals surface area contributed by atoms with Crippen LogP contribution in [-0.2, 0) is 0 Å². The van der Waals surface area contributed by atoms with Crippen molar-refractivity contribution < 1.29 is 0 Å². The molecule has 1 saturated carbocycles. The van der Waals surface area contributed by atoms with Crippen LogP contribution in [0.5, 0.6) is 0 Å². The van der Waals surface area contributed by atoms with Crippen LogP contribution in [0.25, 0.3) is 10.8 Å². The summed E-state index contributed by atoms with van der Waals surface area (Å²) in [6.07, 6.45) is 4.18. The minimum absolute atomic E-state index is 0.830. The monoisotopic (exact) mass is 196 g/mol. The molecule has 0 unspecified atom stereocenters. The van der Waals surface area contributed by atoms with E-state index in [9.17, 15) is 0 Å². The topological polar surface area (TPSA) is 0 Å². The third-order valence-corrected chi connectivity index (χ3v) is 3.70. The van der Waals surface area contributed by atoms with E-state index in [1.807, 2.05) is 0 Å². The Labute approximate surface area is 90.9 Å². The van der Waals surface area contributed by atoms with Gasteiger partial charge in [0.05, 0.1) is 0 Å². The van der Waals surface area contributed by atoms with Gasteiger partial charge in [-0.05, 0) is 47.6 Å². The van der Waals surface area contributed by atoms with E-state index in [-0.39, 0.29) is 0 Å². The van der Waals surface area contributed by atoms with Crippen LogP contribution in [0.1, 0.15) is 36.3 Å². The first-order valence-corrected chi connectivity index (χ1v) is 5.84. The Hall–Kier alpha value is -1.30. The van der Waals surface area contributed by atoms with Gasteiger partial charge in [-0.1, -0.05) is 42.8 Å². The molecule has 0 atom stereocenters. The van der Waals surface area contributed by atoms with Crippen LogP contribution in [0.2, 0.25) is 0 Å². The van der Waals surface area contributed by atoms with Crippen LogP contribution in [0.15, 0.2) is 36.4 Å². The molecule has 1 fully saturated rings. The van der Waals surface area contributed by atoms with Crippen molar-refractivity contribution in [3.8, 4) is 0 Å². The van der Waals surface area contributed by atoms with Crippen molar-refractivity contribution >= 4 is 10.8 Å². The predicted molar refractivity (Wildman–Crippen MR) is 65.3 cm³/mol. The number of hydrogen-bond donors (Lipinski definition) is 0. The van der Waals surface area contributed by atoms with Crippen LogP contribution in [-0.4, -0.2) is 0 Å². The maximum Gasteiger partial charge on any atom is -0.0146 e. The van der Waals surface area contributed by atoms with Gasteiger partial charge < -0.3 is 0 Å². The third-order valence-electron chi connectivity index (χ3n) is 3.70. The van der Waals surface area contributed by atoms with Gasteiger partial charge >= 0.3 is 0 Å². The van der Waals surface area contributed by atoms with Crippen molar-refractivity contribution in [2.45, 2.75) is 32.1 Å². The second-order valence-electron chi connectivity index (χ2n) is 4.65. The lowest BCUT2D eigenvalue weighted by atomic mass is 9.76. The van der Waals surface area contributed by atoms with Crippen molar-refractivity contribution in [3.05, 3.63) is 47.5 Å². The zero-order valence-corrected chi connectivity index (χ0v) is 9.16. The molecular formula is C15H16. The van der Waals surface area contributed by atoms with Crippen LogP contribution in [0.3, 0.4) is 0 Å². The SMILES string of the molecule is Cc1ccc2ccccc2c1C1CCC1. The standard InChI is InChI=1S/C15H16/c1-11-9-10-12-5-2-3-8-14(12)15(11)13-6-4-7-13/h2-3,5,8-10,13H,4,6-7H2,1H3. The van der Waals surface area contributed by atoms with E-state index in [1.54, 1.807) is 5.56 Å². The molecule has 0 bridgehead atoms. The Balaban J connectivity index is 2.27. The van der Waals surface area contributed by atoms with E-state index in [0.29, 0.717) is 0 Å². The summed E-state index contributed by atoms with van der Waals surface area (Å²) in [5.41, 5.74) is 3.08. The van der Waals surface area contributed by atoms with E-state index in [0.717, 1.165) is 5.92 Å². The van der Waals surface area contributed by atoms with Crippen LogP contribution in [0.4, 0.5) is 0 Å². The summed E-state index contributed by atoms with van der Waals surface area (Å²) >= 11 is 0. The van der Waals surface area contributed by atoms with Gasteiger partial charge in [-0.15, -0.1) is 0 Å². The fraction of sp³-hybridized carbons (Fsp3) is 0.333. The molecule has 0 heterocycles. The maximum atomic E-state index is 2.27. The highest BCUT2D eigenvalue weighted by Gasteiger charge is 2.22. The second-order valence-corrected chi connectivity index (χ2v) is 4.65. The van der Waals surface area contributed by atoms with E-state index < -0.39 is 0 Å². The Bertz CT molecular complexity index is 492. The first-order chi connectivity index (χ1) is 7.36. The summed E-state index contributed by atoms with van der Waals surface area (Å²) in [6, 6.07) is 13.3. The highest BCUT2D eigenvalue weighted by atomic mass is 14.3. The lowest BCUT2D eigenvalue weighted by molar-refractivity contribution is 0.421. The van der Waals surface area contributed by atoms with Crippen molar-refractivity contribution in [3.63, 3.8) is 0 Å². The Morgan fingerprint density at radius 2 is 1.80 bits per heavy atom. The van der Waals surface area contributed by atoms with Gasteiger partial charge in [-0.25, -0.2) is 0 Å². The van der Waals surface area contributed by atoms with Crippen molar-refractivity contribution in [2.24, 2.45) is 0 Å². The molecule has 2 aromatic rings. The molecule has 0 aliphatic heterocycles. The summed E-state index contributed by atoms with van der Waals surface area (Å²) in [5.74, 6) is 0.830. The Morgan fingerprint density at radius 3 is 2.53 bits per heavy atom. The molecule has 1 aliphatic carbocycles. The molecule has 0 radical (unpaired) electrons. The lowest BCUT2D eigenvalue weighted by Crippen LogP contribution is -2.10. The smallest absolute Gasteiger partial charge is 0.0146 e. The molecule has 3 rings (SSSR count). The molecular weight excluding hydrogens is 180 g/mol. The van der Waals surface area contributed by atoms with E-state index in [2.05, 4.69) is 43.3 Å². The fourth-order valence-electron chi connectivity index (χ4n) is 2.64. The van der Waals surface area contributed by atoms with Crippen LogP contribution < -0.4 is 0 Å². The van der Waals surface area contributed by atoms with E-state index in [1.165, 1.54) is 35.6 Å². The number of aryl methyl sites for hydroxylation is 1. The molecule has 15 heavy (non-hydrogen) atoms. The van der Waals surface area contributed by atoms with Gasteiger partial charge in [-0.2, -0.15) is 0 Å². The average molecular weight is 196 g/mol. The Morgan fingerprint density at radius 1 is 1.00 bits per heavy atom. The molecule has 0 amide bonds. The van der Waals surface area contributed by atoms with Crippen LogP contribution in [0, 0.1) is 6.92 Å². The molecule has 0 saturated heterocycles. The molecule has 0 N–H and O–H groups in total. The summed E-state index contributed by atoms with van der Waals surface area (Å²) in [5, 5.41) is 2.87. The predicted octanol–water partition coefficient (Wildman–Crippen LogP) is 4.42. The normalized spacial score (nSPS) is 16.6. The minimum Gasteiger partial charge on any atom is -0.0616 e. The quantitative estimate of drug-likeness (QED) is 0.633. The summed E-state index contributed by atoms with van der Waals surface area (Å²) < 4.78 is 0. The highest BCUT2D eigenvalue weighted by molar-refractivity contribution is 5.87. The number of rotatable bonds is 1. The fourth-order valence-corrected chi connectivity index (χ4v) is 2.64. The molecule has 2 aromatic carbocycles. The molecule has 0 heteroatoms. The number of fused-ring (bicyclic) bond motifs is 1. The molecule has 0 nitrogen and oxygen atoms in total. The zero-order valence-electron chi connectivity index (χ0n) is 9.16.